The van der Waals surface area contributed by atoms with Crippen LogP contribution in [0, 0.1) is 23.7 Å². The summed E-state index contributed by atoms with van der Waals surface area (Å²) in [5.41, 5.74) is 7.79. The molecule has 21 heteroatoms. The number of nitrogens with two attached hydrogens (primary N) is 1. The number of aryl methyl sites for hydroxylation is 1. The van der Waals surface area contributed by atoms with E-state index in [2.05, 4.69) is 42.7 Å². The lowest BCUT2D eigenvalue weighted by molar-refractivity contribution is -0.145. The number of piperidine rings is 2. The van der Waals surface area contributed by atoms with E-state index in [9.17, 15) is 33.5 Å². The molecule has 5 amide bonds. The van der Waals surface area contributed by atoms with E-state index in [-0.39, 0.29) is 68.5 Å². The van der Waals surface area contributed by atoms with Crippen molar-refractivity contribution in [2.45, 2.75) is 126 Å². The number of carbonyl (C=O) groups excluding carboxylic acids is 5. The highest BCUT2D eigenvalue weighted by Gasteiger charge is 2.53. The average molecular weight is 1060 g/mol. The van der Waals surface area contributed by atoms with Gasteiger partial charge in [-0.15, -0.1) is 11.3 Å². The largest absolute Gasteiger partial charge is 0.483 e. The first-order chi connectivity index (χ1) is 34.7. The number of ether oxygens (including phenoxy) is 1. The molecule has 0 bridgehead atoms. The SMILES string of the molecule is Cc1ncsc1-c1ccc(CNC(=O)[C@@H]2C[C@@H](O)CN2C(=O)[C@@H](NC(=O)C2(F)CC2)C(C)(C)C)c(OCC(=O)N2CCC(CC(=O)Nc3cccc(Sc4cnc(N5CCC(C)(CN)CC5)cn4)c3Cl)CC2)c1. The van der Waals surface area contributed by atoms with Gasteiger partial charge in [0.25, 0.3) is 11.8 Å². The molecule has 0 spiro atoms. The summed E-state index contributed by atoms with van der Waals surface area (Å²) in [7, 11) is 0. The number of aliphatic hydroxyl groups excluding tert-OH is 1. The second-order valence-electron chi connectivity index (χ2n) is 21.2. The third kappa shape index (κ3) is 13.1. The minimum absolute atomic E-state index is 0.0256. The lowest BCUT2D eigenvalue weighted by Crippen LogP contribution is -2.59. The standard InChI is InChI=1S/C52H66ClFN10O7S2/c1-31-45(72-30-59-31)33-9-10-34(24-58-47(68)37-23-35(65)27-64(37)48(69)46(50(2,3)4)61-49(70)52(54)13-14-52)38(22-33)71-28-43(67)63-17-11-32(12-18-63)21-41(66)60-36-7-6-8-39(44(36)53)73-42-26-56-40(25-57-42)62-19-15-51(5,29-55)16-20-62/h6-10,22,25-26,30,32,35,37,46,65H,11-21,23-24,27-29,55H2,1-5H3,(H,58,68)(H,60,66)(H,61,70)/t35-,37+,46-/m1/s1. The smallest absolute Gasteiger partial charge is 0.260 e. The van der Waals surface area contributed by atoms with Gasteiger partial charge in [0.15, 0.2) is 12.3 Å². The summed E-state index contributed by atoms with van der Waals surface area (Å²) < 4.78 is 20.9. The third-order valence-corrected chi connectivity index (χ3v) is 17.0. The number of carbonyl (C=O) groups is 5. The number of rotatable bonds is 17. The van der Waals surface area contributed by atoms with Crippen LogP contribution in [-0.4, -0.2) is 129 Å². The number of benzene rings is 2. The van der Waals surface area contributed by atoms with Gasteiger partial charge in [-0.3, -0.25) is 24.0 Å². The lowest BCUT2D eigenvalue weighted by atomic mass is 9.80. The van der Waals surface area contributed by atoms with E-state index in [4.69, 9.17) is 22.1 Å². The van der Waals surface area contributed by atoms with Gasteiger partial charge in [-0.1, -0.05) is 69.3 Å². The maximum atomic E-state index is 14.7. The van der Waals surface area contributed by atoms with Gasteiger partial charge < -0.3 is 46.2 Å². The highest BCUT2D eigenvalue weighted by molar-refractivity contribution is 7.99. The first-order valence-electron chi connectivity index (χ1n) is 25.0. The monoisotopic (exact) mass is 1060 g/mol. The molecule has 3 saturated heterocycles. The molecule has 3 atom stereocenters. The molecule has 2 aromatic carbocycles. The summed E-state index contributed by atoms with van der Waals surface area (Å²) in [4.78, 5) is 88.2. The summed E-state index contributed by atoms with van der Waals surface area (Å²) in [6.45, 7) is 12.2. The van der Waals surface area contributed by atoms with Gasteiger partial charge in [0, 0.05) is 62.6 Å². The number of nitrogens with one attached hydrogen (secondary N) is 3. The zero-order chi connectivity index (χ0) is 52.2. The van der Waals surface area contributed by atoms with Crippen LogP contribution >= 0.6 is 34.7 Å². The van der Waals surface area contributed by atoms with Crippen molar-refractivity contribution in [2.75, 3.05) is 56.1 Å². The fourth-order valence-electron chi connectivity index (χ4n) is 9.46. The number of alkyl halides is 1. The van der Waals surface area contributed by atoms with E-state index in [1.807, 2.05) is 31.2 Å². The molecule has 392 valence electrons. The van der Waals surface area contributed by atoms with Crippen LogP contribution in [0.2, 0.25) is 5.02 Å². The van der Waals surface area contributed by atoms with Gasteiger partial charge in [-0.2, -0.15) is 0 Å². The van der Waals surface area contributed by atoms with Crippen molar-refractivity contribution in [2.24, 2.45) is 22.5 Å². The van der Waals surface area contributed by atoms with Gasteiger partial charge in [-0.05, 0) is 92.5 Å². The summed E-state index contributed by atoms with van der Waals surface area (Å²) in [6.07, 6.45) is 6.19. The fraction of sp³-hybridized carbons (Fsp3) is 0.538. The van der Waals surface area contributed by atoms with Crippen molar-refractivity contribution in [1.29, 1.82) is 0 Å². The molecular formula is C52H66ClFN10O7S2. The second kappa shape index (κ2) is 22.6. The number of β-amino-alcohol motifs (C(OH)–C–C–N with tert-alkyl or cyclic N) is 1. The first-order valence-corrected chi connectivity index (χ1v) is 27.0. The number of halogens is 2. The fourth-order valence-corrected chi connectivity index (χ4v) is 11.3. The third-order valence-electron chi connectivity index (χ3n) is 14.5. The Kier molecular flexibility index (Phi) is 16.7. The number of nitrogens with zero attached hydrogens (tertiary/aromatic N) is 6. The van der Waals surface area contributed by atoms with E-state index in [0.717, 1.165) is 52.8 Å². The maximum Gasteiger partial charge on any atom is 0.260 e. The number of hydrogen-bond acceptors (Lipinski definition) is 14. The van der Waals surface area contributed by atoms with Crippen molar-refractivity contribution in [1.82, 2.24) is 35.4 Å². The summed E-state index contributed by atoms with van der Waals surface area (Å²) >= 11 is 9.66. The molecule has 1 aliphatic carbocycles. The molecule has 2 aromatic heterocycles. The molecule has 8 rings (SSSR count). The normalized spacial score (nSPS) is 20.0. The van der Waals surface area contributed by atoms with Gasteiger partial charge in [0.1, 0.15) is 28.7 Å². The maximum absolute atomic E-state index is 14.7. The van der Waals surface area contributed by atoms with E-state index in [1.165, 1.54) is 28.0 Å². The quantitative estimate of drug-likeness (QED) is 0.0759. The number of anilines is 2. The molecule has 4 aromatic rings. The zero-order valence-electron chi connectivity index (χ0n) is 42.0. The number of aliphatic hydroxyl groups is 1. The molecule has 4 fully saturated rings. The summed E-state index contributed by atoms with van der Waals surface area (Å²) in [5, 5.41) is 20.2. The predicted molar refractivity (Wildman–Crippen MR) is 279 cm³/mol. The Bertz CT molecular complexity index is 2670. The van der Waals surface area contributed by atoms with Crippen molar-refractivity contribution >= 4 is 75.7 Å². The van der Waals surface area contributed by atoms with Crippen LogP contribution in [0.4, 0.5) is 15.9 Å². The van der Waals surface area contributed by atoms with Crippen molar-refractivity contribution in [3.05, 3.63) is 70.6 Å². The van der Waals surface area contributed by atoms with Crippen molar-refractivity contribution in [3.63, 3.8) is 0 Å². The number of likely N-dealkylation sites (tertiary alicyclic amines) is 2. The number of hydrogen-bond donors (Lipinski definition) is 5. The van der Waals surface area contributed by atoms with Crippen molar-refractivity contribution in [3.8, 4) is 16.2 Å². The van der Waals surface area contributed by atoms with Crippen LogP contribution in [-0.2, 0) is 30.5 Å². The van der Waals surface area contributed by atoms with Crippen molar-refractivity contribution < 1.29 is 38.2 Å². The molecule has 6 N–H and O–H groups in total. The minimum Gasteiger partial charge on any atom is -0.483 e. The molecule has 5 heterocycles. The van der Waals surface area contributed by atoms with Gasteiger partial charge in [0.05, 0.1) is 45.3 Å². The van der Waals surface area contributed by atoms with Gasteiger partial charge in [-0.25, -0.2) is 19.3 Å². The van der Waals surface area contributed by atoms with Gasteiger partial charge in [0.2, 0.25) is 17.7 Å². The van der Waals surface area contributed by atoms with Crippen LogP contribution in [0.3, 0.4) is 0 Å². The Labute approximate surface area is 438 Å². The molecule has 3 aliphatic heterocycles. The topological polar surface area (TPSA) is 225 Å². The van der Waals surface area contributed by atoms with E-state index in [0.29, 0.717) is 59.5 Å². The Morgan fingerprint density at radius 3 is 2.41 bits per heavy atom. The Morgan fingerprint density at radius 2 is 1.77 bits per heavy atom. The molecule has 4 aliphatic rings. The summed E-state index contributed by atoms with van der Waals surface area (Å²) in [6, 6.07) is 8.79. The number of thiazole rings is 1. The van der Waals surface area contributed by atoms with Crippen LogP contribution in [0.25, 0.3) is 10.4 Å². The number of aromatic nitrogens is 3. The van der Waals surface area contributed by atoms with Crippen LogP contribution in [0.1, 0.15) is 90.3 Å². The van der Waals surface area contributed by atoms with E-state index in [1.54, 1.807) is 55.7 Å². The lowest BCUT2D eigenvalue weighted by Gasteiger charge is -2.39. The average Bonchev–Trinajstić information content (AvgIpc) is 3.78. The van der Waals surface area contributed by atoms with Crippen LogP contribution < -0.4 is 31.3 Å². The second-order valence-corrected chi connectivity index (χ2v) is 23.5. The molecule has 0 unspecified atom stereocenters. The Hall–Kier alpha value is -5.41. The minimum atomic E-state index is -2.00. The first kappa shape index (κ1) is 53.9. The molecule has 1 saturated carbocycles. The van der Waals surface area contributed by atoms with E-state index >= 15 is 0 Å². The van der Waals surface area contributed by atoms with Crippen LogP contribution in [0.15, 0.2) is 64.2 Å². The number of amides is 5. The molecule has 0 radical (unpaired) electrons. The van der Waals surface area contributed by atoms with Gasteiger partial charge >= 0.3 is 0 Å². The zero-order valence-corrected chi connectivity index (χ0v) is 44.4. The Morgan fingerprint density at radius 1 is 1.03 bits per heavy atom. The van der Waals surface area contributed by atoms with Crippen LogP contribution in [0.5, 0.6) is 5.75 Å². The molecule has 73 heavy (non-hydrogen) atoms. The highest BCUT2D eigenvalue weighted by Crippen LogP contribution is 2.41. The Balaban J connectivity index is 0.834. The predicted octanol–water partition coefficient (Wildman–Crippen LogP) is 6.54. The molecular weight excluding hydrogens is 995 g/mol. The molecule has 17 nitrogen and oxygen atoms in total. The van der Waals surface area contributed by atoms with E-state index < -0.39 is 47.0 Å². The highest BCUT2D eigenvalue weighted by atomic mass is 35.5. The summed E-state index contributed by atoms with van der Waals surface area (Å²) in [5.74, 6) is -1.12.